The number of hydrogen-bond donors (Lipinski definition) is 2. The summed E-state index contributed by atoms with van der Waals surface area (Å²) in [5.74, 6) is 0.255. The first-order valence-electron chi connectivity index (χ1n) is 1.60. The van der Waals surface area contributed by atoms with E-state index in [0.717, 1.165) is 0 Å². The molecule has 0 aromatic rings. The highest BCUT2D eigenvalue weighted by Gasteiger charge is 1.70. The molecular formula is C3H10N2O. The Morgan fingerprint density at radius 2 is 2.00 bits per heavy atom. The van der Waals surface area contributed by atoms with Crippen LogP contribution in [0.1, 0.15) is 13.3 Å². The van der Waals surface area contributed by atoms with Crippen LogP contribution in [0, 0.1) is 5.41 Å². The van der Waals surface area contributed by atoms with Crippen LogP contribution in [0.5, 0.6) is 0 Å². The molecule has 0 aromatic heterocycles. The summed E-state index contributed by atoms with van der Waals surface area (Å²) >= 11 is 0. The molecule has 3 nitrogen and oxygen atoms in total. The van der Waals surface area contributed by atoms with E-state index in [4.69, 9.17) is 11.1 Å². The highest BCUT2D eigenvalue weighted by Crippen LogP contribution is 1.64. The van der Waals surface area contributed by atoms with Gasteiger partial charge < -0.3 is 11.2 Å². The van der Waals surface area contributed by atoms with Gasteiger partial charge >= 0.3 is 0 Å². The summed E-state index contributed by atoms with van der Waals surface area (Å²) in [6.07, 6.45) is 0.667. The third kappa shape index (κ3) is 9.90. The van der Waals surface area contributed by atoms with E-state index >= 15 is 0 Å². The van der Waals surface area contributed by atoms with Gasteiger partial charge in [0.1, 0.15) is 0 Å². The molecule has 0 unspecified atom stereocenters. The first-order valence-corrected chi connectivity index (χ1v) is 1.60. The smallest absolute Gasteiger partial charge is 0.0902 e. The summed E-state index contributed by atoms with van der Waals surface area (Å²) in [5.41, 5.74) is 4.88. The lowest BCUT2D eigenvalue weighted by Crippen LogP contribution is -2.05. The molecule has 5 N–H and O–H groups in total. The van der Waals surface area contributed by atoms with E-state index < -0.39 is 0 Å². The van der Waals surface area contributed by atoms with Crippen molar-refractivity contribution in [2.24, 2.45) is 5.73 Å². The molecule has 0 atom stereocenters. The second-order valence-corrected chi connectivity index (χ2v) is 0.879. The Morgan fingerprint density at radius 1 is 1.83 bits per heavy atom. The minimum atomic E-state index is 0. The van der Waals surface area contributed by atoms with Crippen LogP contribution in [0.25, 0.3) is 0 Å². The minimum Gasteiger partial charge on any atom is -0.412 e. The van der Waals surface area contributed by atoms with Crippen LogP contribution < -0.4 is 5.73 Å². The third-order valence-electron chi connectivity index (χ3n) is 0.381. The fourth-order valence-electron chi connectivity index (χ4n) is 0. The lowest BCUT2D eigenvalue weighted by Gasteiger charge is -1.79. The summed E-state index contributed by atoms with van der Waals surface area (Å²) in [5, 5.41) is 6.52. The first-order chi connectivity index (χ1) is 2.27. The topological polar surface area (TPSA) is 81.4 Å². The Labute approximate surface area is 37.0 Å². The first kappa shape index (κ1) is 9.06. The second-order valence-electron chi connectivity index (χ2n) is 0.879. The van der Waals surface area contributed by atoms with Crippen molar-refractivity contribution >= 4 is 5.84 Å². The standard InChI is InChI=1S/C3H8N2.H2O/c1-2-3(4)5;/h2H2,1H3,(H3,4,5);1H2. The predicted octanol–water partition coefficient (Wildman–Crippen LogP) is -0.492. The minimum absolute atomic E-state index is 0. The van der Waals surface area contributed by atoms with Gasteiger partial charge in [-0.2, -0.15) is 0 Å². The molecule has 0 spiro atoms. The predicted molar refractivity (Wildman–Crippen MR) is 25.8 cm³/mol. The van der Waals surface area contributed by atoms with E-state index in [1.165, 1.54) is 0 Å². The average molecular weight is 90.1 g/mol. The molecule has 6 heavy (non-hydrogen) atoms. The van der Waals surface area contributed by atoms with Crippen molar-refractivity contribution in [2.45, 2.75) is 13.3 Å². The number of rotatable bonds is 1. The maximum absolute atomic E-state index is 6.52. The van der Waals surface area contributed by atoms with Crippen LogP contribution in [0.3, 0.4) is 0 Å². The molecule has 0 fully saturated rings. The van der Waals surface area contributed by atoms with Gasteiger partial charge in [0.05, 0.1) is 5.84 Å². The van der Waals surface area contributed by atoms with Crippen molar-refractivity contribution < 1.29 is 5.48 Å². The molecule has 0 heterocycles. The van der Waals surface area contributed by atoms with Gasteiger partial charge in [0.25, 0.3) is 0 Å². The number of nitrogens with one attached hydrogen (secondary N) is 1. The molecule has 0 aliphatic carbocycles. The number of amidine groups is 1. The van der Waals surface area contributed by atoms with Gasteiger partial charge in [-0.15, -0.1) is 0 Å². The Bertz CT molecular complexity index is 44.1. The summed E-state index contributed by atoms with van der Waals surface area (Å²) in [6, 6.07) is 0. The van der Waals surface area contributed by atoms with Crippen LogP contribution in [-0.4, -0.2) is 11.3 Å². The van der Waals surface area contributed by atoms with Crippen LogP contribution in [0.4, 0.5) is 0 Å². The molecule has 0 rings (SSSR count). The summed E-state index contributed by atoms with van der Waals surface area (Å²) in [4.78, 5) is 0. The van der Waals surface area contributed by atoms with Crippen molar-refractivity contribution in [2.75, 3.05) is 0 Å². The van der Waals surface area contributed by atoms with Gasteiger partial charge in [0.15, 0.2) is 0 Å². The molecule has 0 aliphatic heterocycles. The number of hydrogen-bond acceptors (Lipinski definition) is 1. The van der Waals surface area contributed by atoms with Crippen molar-refractivity contribution in [1.29, 1.82) is 5.41 Å². The second kappa shape index (κ2) is 4.43. The number of nitrogens with two attached hydrogens (primary N) is 1. The van der Waals surface area contributed by atoms with E-state index in [2.05, 4.69) is 0 Å². The molecule has 3 heteroatoms. The zero-order valence-electron chi connectivity index (χ0n) is 3.78. The van der Waals surface area contributed by atoms with Crippen molar-refractivity contribution in [3.8, 4) is 0 Å². The normalized spacial score (nSPS) is 6.17. The van der Waals surface area contributed by atoms with Crippen LogP contribution in [0.2, 0.25) is 0 Å². The maximum Gasteiger partial charge on any atom is 0.0902 e. The molecule has 0 saturated carbocycles. The molecule has 0 aromatic carbocycles. The maximum atomic E-state index is 6.52. The Morgan fingerprint density at radius 3 is 2.00 bits per heavy atom. The zero-order valence-corrected chi connectivity index (χ0v) is 3.78. The Balaban J connectivity index is 0. The molecule has 0 radical (unpaired) electrons. The summed E-state index contributed by atoms with van der Waals surface area (Å²) in [6.45, 7) is 1.85. The van der Waals surface area contributed by atoms with Crippen LogP contribution in [0.15, 0.2) is 0 Å². The molecule has 38 valence electrons. The molecule has 0 saturated heterocycles. The summed E-state index contributed by atoms with van der Waals surface area (Å²) < 4.78 is 0. The van der Waals surface area contributed by atoms with Gasteiger partial charge in [0.2, 0.25) is 0 Å². The van der Waals surface area contributed by atoms with E-state index in [-0.39, 0.29) is 11.3 Å². The SMILES string of the molecule is CCC(=N)N.O. The average Bonchev–Trinajstić information content (AvgIpc) is 1.38. The highest BCUT2D eigenvalue weighted by molar-refractivity contribution is 5.76. The molecule has 0 amide bonds. The van der Waals surface area contributed by atoms with Gasteiger partial charge in [-0.05, 0) is 0 Å². The van der Waals surface area contributed by atoms with Gasteiger partial charge in [-0.25, -0.2) is 0 Å². The lowest BCUT2D eigenvalue weighted by atomic mass is 10.5. The zero-order chi connectivity index (χ0) is 4.28. The summed E-state index contributed by atoms with van der Waals surface area (Å²) in [7, 11) is 0. The Hall–Kier alpha value is -0.570. The van der Waals surface area contributed by atoms with Crippen LogP contribution in [-0.2, 0) is 0 Å². The monoisotopic (exact) mass is 90.1 g/mol. The van der Waals surface area contributed by atoms with E-state index in [0.29, 0.717) is 6.42 Å². The quantitative estimate of drug-likeness (QED) is 0.330. The fraction of sp³-hybridized carbons (Fsp3) is 0.667. The van der Waals surface area contributed by atoms with E-state index in [1.54, 1.807) is 0 Å². The van der Waals surface area contributed by atoms with E-state index in [9.17, 15) is 0 Å². The highest BCUT2D eigenvalue weighted by atomic mass is 16.0. The van der Waals surface area contributed by atoms with Crippen molar-refractivity contribution in [1.82, 2.24) is 0 Å². The van der Waals surface area contributed by atoms with E-state index in [1.807, 2.05) is 6.92 Å². The van der Waals surface area contributed by atoms with Crippen molar-refractivity contribution in [3.05, 3.63) is 0 Å². The molecular weight excluding hydrogens is 80.0 g/mol. The third-order valence-corrected chi connectivity index (χ3v) is 0.381. The largest absolute Gasteiger partial charge is 0.412 e. The Kier molecular flexibility index (Phi) is 6.69. The van der Waals surface area contributed by atoms with Gasteiger partial charge in [-0.3, -0.25) is 5.41 Å². The lowest BCUT2D eigenvalue weighted by molar-refractivity contribution is 0.824. The van der Waals surface area contributed by atoms with Gasteiger partial charge in [-0.1, -0.05) is 6.92 Å². The van der Waals surface area contributed by atoms with Gasteiger partial charge in [0, 0.05) is 6.42 Å². The van der Waals surface area contributed by atoms with Crippen LogP contribution >= 0.6 is 0 Å². The molecule has 0 aliphatic rings. The fourth-order valence-corrected chi connectivity index (χ4v) is 0. The molecule has 0 bridgehead atoms. The van der Waals surface area contributed by atoms with Crippen molar-refractivity contribution in [3.63, 3.8) is 0 Å².